The maximum Gasteiger partial charge on any atom is 0.240 e. The molecule has 0 radical (unpaired) electrons. The fourth-order valence-corrected chi connectivity index (χ4v) is 3.68. The Labute approximate surface area is 151 Å². The molecule has 2 aromatic rings. The highest BCUT2D eigenvalue weighted by Gasteiger charge is 2.23. The third-order valence-electron chi connectivity index (χ3n) is 4.08. The number of anilines is 1. The molecule has 0 saturated carbocycles. The zero-order valence-electron chi connectivity index (χ0n) is 13.7. The summed E-state index contributed by atoms with van der Waals surface area (Å²) in [6, 6.07) is 10.2. The van der Waals surface area contributed by atoms with Crippen LogP contribution in [0.2, 0.25) is 0 Å². The summed E-state index contributed by atoms with van der Waals surface area (Å²) >= 11 is 7.36. The van der Waals surface area contributed by atoms with Gasteiger partial charge in [-0.1, -0.05) is 30.3 Å². The van der Waals surface area contributed by atoms with E-state index in [1.807, 2.05) is 23.1 Å². The molecule has 1 saturated heterocycles. The molecule has 1 atom stereocenters. The van der Waals surface area contributed by atoms with Crippen LogP contribution in [0.5, 0.6) is 0 Å². The lowest BCUT2D eigenvalue weighted by Gasteiger charge is -2.22. The molecule has 1 fully saturated rings. The Balaban J connectivity index is 1.62. The summed E-state index contributed by atoms with van der Waals surface area (Å²) in [5.41, 5.74) is 1.21. The molecule has 0 aliphatic carbocycles. The van der Waals surface area contributed by atoms with Crippen LogP contribution < -0.4 is 4.90 Å². The standard InChI is InChI=1S/C17H21ClN4OS/c1-13(18)16(23)21-8-5-9-22(11-10-21)17-19-15(20-24-17)12-14-6-3-2-4-7-14/h2-4,6-7,13H,5,8-12H2,1H3/t13-/m1/s1. The number of rotatable bonds is 4. The van der Waals surface area contributed by atoms with Crippen molar-refractivity contribution in [2.45, 2.75) is 25.1 Å². The second-order valence-electron chi connectivity index (χ2n) is 5.94. The van der Waals surface area contributed by atoms with Crippen molar-refractivity contribution in [2.75, 3.05) is 31.1 Å². The third kappa shape index (κ3) is 4.24. The van der Waals surface area contributed by atoms with E-state index in [0.717, 1.165) is 43.4 Å². The number of carbonyl (C=O) groups is 1. The van der Waals surface area contributed by atoms with Crippen molar-refractivity contribution in [3.8, 4) is 0 Å². The van der Waals surface area contributed by atoms with Crippen LogP contribution in [0.15, 0.2) is 30.3 Å². The molecule has 0 N–H and O–H groups in total. The van der Waals surface area contributed by atoms with E-state index in [-0.39, 0.29) is 5.91 Å². The molecular formula is C17H21ClN4OS. The Kier molecular flexibility index (Phi) is 5.68. The van der Waals surface area contributed by atoms with Crippen molar-refractivity contribution < 1.29 is 4.79 Å². The number of benzene rings is 1. The lowest BCUT2D eigenvalue weighted by atomic mass is 10.1. The Morgan fingerprint density at radius 2 is 2.04 bits per heavy atom. The molecule has 1 aromatic carbocycles. The fraction of sp³-hybridized carbons (Fsp3) is 0.471. The number of alkyl halides is 1. The molecule has 3 rings (SSSR count). The average Bonchev–Trinajstić information content (AvgIpc) is 2.90. The van der Waals surface area contributed by atoms with Crippen molar-refractivity contribution in [3.05, 3.63) is 41.7 Å². The molecule has 1 aliphatic rings. The highest BCUT2D eigenvalue weighted by molar-refractivity contribution is 7.09. The van der Waals surface area contributed by atoms with E-state index in [0.29, 0.717) is 6.54 Å². The first-order chi connectivity index (χ1) is 11.6. The van der Waals surface area contributed by atoms with Gasteiger partial charge in [0.05, 0.1) is 0 Å². The lowest BCUT2D eigenvalue weighted by Crippen LogP contribution is -2.38. The third-order valence-corrected chi connectivity index (χ3v) is 5.08. The fourth-order valence-electron chi connectivity index (χ4n) is 2.80. The van der Waals surface area contributed by atoms with Crippen molar-refractivity contribution in [3.63, 3.8) is 0 Å². The molecule has 5 nitrogen and oxygen atoms in total. The minimum atomic E-state index is -0.462. The highest BCUT2D eigenvalue weighted by Crippen LogP contribution is 2.21. The van der Waals surface area contributed by atoms with Crippen molar-refractivity contribution >= 4 is 34.2 Å². The van der Waals surface area contributed by atoms with Crippen LogP contribution in [0.3, 0.4) is 0 Å². The summed E-state index contributed by atoms with van der Waals surface area (Å²) in [5, 5.41) is 0.477. The Morgan fingerprint density at radius 1 is 1.25 bits per heavy atom. The van der Waals surface area contributed by atoms with E-state index in [2.05, 4.69) is 26.4 Å². The van der Waals surface area contributed by atoms with Crippen LogP contribution in [0.25, 0.3) is 0 Å². The minimum Gasteiger partial charge on any atom is -0.345 e. The monoisotopic (exact) mass is 364 g/mol. The van der Waals surface area contributed by atoms with E-state index >= 15 is 0 Å². The maximum absolute atomic E-state index is 12.1. The largest absolute Gasteiger partial charge is 0.345 e. The van der Waals surface area contributed by atoms with Gasteiger partial charge in [-0.2, -0.15) is 4.37 Å². The Bertz CT molecular complexity index is 676. The van der Waals surface area contributed by atoms with Crippen LogP contribution in [0, 0.1) is 0 Å². The molecule has 0 bridgehead atoms. The molecule has 1 aromatic heterocycles. The maximum atomic E-state index is 12.1. The van der Waals surface area contributed by atoms with Crippen LogP contribution >= 0.6 is 23.1 Å². The van der Waals surface area contributed by atoms with Gasteiger partial charge in [-0.25, -0.2) is 4.98 Å². The summed E-state index contributed by atoms with van der Waals surface area (Å²) in [6.45, 7) is 4.83. The van der Waals surface area contributed by atoms with Crippen molar-refractivity contribution in [1.29, 1.82) is 0 Å². The molecule has 2 heterocycles. The summed E-state index contributed by atoms with van der Waals surface area (Å²) in [4.78, 5) is 20.8. The number of hydrogen-bond donors (Lipinski definition) is 0. The topological polar surface area (TPSA) is 49.3 Å². The number of carbonyl (C=O) groups excluding carboxylic acids is 1. The predicted octanol–water partition coefficient (Wildman–Crippen LogP) is 2.79. The number of amides is 1. The van der Waals surface area contributed by atoms with E-state index in [1.54, 1.807) is 6.92 Å². The average molecular weight is 365 g/mol. The smallest absolute Gasteiger partial charge is 0.240 e. The number of nitrogens with zero attached hydrogens (tertiary/aromatic N) is 4. The number of halogens is 1. The molecule has 1 amide bonds. The first-order valence-electron chi connectivity index (χ1n) is 8.18. The molecule has 0 unspecified atom stereocenters. The second kappa shape index (κ2) is 7.94. The zero-order valence-corrected chi connectivity index (χ0v) is 15.3. The van der Waals surface area contributed by atoms with Gasteiger partial charge in [-0.3, -0.25) is 4.79 Å². The second-order valence-corrected chi connectivity index (χ2v) is 7.32. The molecule has 0 spiro atoms. The van der Waals surface area contributed by atoms with Gasteiger partial charge in [0, 0.05) is 44.1 Å². The Morgan fingerprint density at radius 3 is 2.79 bits per heavy atom. The molecular weight excluding hydrogens is 344 g/mol. The van der Waals surface area contributed by atoms with Gasteiger partial charge in [0.25, 0.3) is 0 Å². The molecule has 1 aliphatic heterocycles. The van der Waals surface area contributed by atoms with E-state index in [1.165, 1.54) is 17.1 Å². The van der Waals surface area contributed by atoms with E-state index in [4.69, 9.17) is 11.6 Å². The predicted molar refractivity (Wildman–Crippen MR) is 97.9 cm³/mol. The zero-order chi connectivity index (χ0) is 16.9. The van der Waals surface area contributed by atoms with Gasteiger partial charge in [-0.05, 0) is 18.9 Å². The van der Waals surface area contributed by atoms with Crippen molar-refractivity contribution in [1.82, 2.24) is 14.3 Å². The number of aromatic nitrogens is 2. The van der Waals surface area contributed by atoms with Gasteiger partial charge < -0.3 is 9.80 Å². The van der Waals surface area contributed by atoms with E-state index in [9.17, 15) is 4.79 Å². The quantitative estimate of drug-likeness (QED) is 0.783. The van der Waals surface area contributed by atoms with Gasteiger partial charge in [0.15, 0.2) is 0 Å². The highest BCUT2D eigenvalue weighted by atomic mass is 35.5. The van der Waals surface area contributed by atoms with Crippen LogP contribution in [-0.4, -0.2) is 51.7 Å². The molecule has 7 heteroatoms. The number of hydrogen-bond acceptors (Lipinski definition) is 5. The minimum absolute atomic E-state index is 0.0144. The summed E-state index contributed by atoms with van der Waals surface area (Å²) in [7, 11) is 0. The van der Waals surface area contributed by atoms with Crippen LogP contribution in [0.1, 0.15) is 24.7 Å². The van der Waals surface area contributed by atoms with Crippen LogP contribution in [0.4, 0.5) is 5.13 Å². The summed E-state index contributed by atoms with van der Waals surface area (Å²) < 4.78 is 4.49. The normalized spacial score (nSPS) is 16.8. The summed E-state index contributed by atoms with van der Waals surface area (Å²) in [5.74, 6) is 0.869. The summed E-state index contributed by atoms with van der Waals surface area (Å²) in [6.07, 6.45) is 1.67. The first kappa shape index (κ1) is 17.2. The van der Waals surface area contributed by atoms with Gasteiger partial charge in [0.2, 0.25) is 11.0 Å². The molecule has 128 valence electrons. The van der Waals surface area contributed by atoms with Gasteiger partial charge in [0.1, 0.15) is 11.2 Å². The van der Waals surface area contributed by atoms with E-state index < -0.39 is 5.38 Å². The van der Waals surface area contributed by atoms with Gasteiger partial charge >= 0.3 is 0 Å². The first-order valence-corrected chi connectivity index (χ1v) is 9.39. The molecule has 24 heavy (non-hydrogen) atoms. The SMILES string of the molecule is C[C@@H](Cl)C(=O)N1CCCN(c2nc(Cc3ccccc3)ns2)CC1. The van der Waals surface area contributed by atoms with Crippen LogP contribution in [-0.2, 0) is 11.2 Å². The van der Waals surface area contributed by atoms with Crippen molar-refractivity contribution in [2.24, 2.45) is 0 Å². The Hall–Kier alpha value is -1.66. The van der Waals surface area contributed by atoms with Gasteiger partial charge in [-0.15, -0.1) is 11.6 Å². The lowest BCUT2D eigenvalue weighted by molar-refractivity contribution is -0.130.